The molecule has 0 N–H and O–H groups in total. The molecule has 4 nitrogen and oxygen atoms in total. The third-order valence-electron chi connectivity index (χ3n) is 6.11. The number of nitrogens with zero attached hydrogens (tertiary/aromatic N) is 2. The Morgan fingerprint density at radius 2 is 1.84 bits per heavy atom. The minimum atomic E-state index is -0.289. The van der Waals surface area contributed by atoms with Crippen LogP contribution in [-0.2, 0) is 23.3 Å². The summed E-state index contributed by atoms with van der Waals surface area (Å²) >= 11 is 6.04. The Bertz CT molecular complexity index is 1150. The molecule has 0 spiro atoms. The van der Waals surface area contributed by atoms with Crippen molar-refractivity contribution in [2.24, 2.45) is 5.92 Å². The Morgan fingerprint density at radius 1 is 1.13 bits per heavy atom. The number of benzene rings is 2. The van der Waals surface area contributed by atoms with Gasteiger partial charge in [-0.2, -0.15) is 0 Å². The monoisotopic (exact) mass is 436 g/mol. The molecule has 1 aromatic heterocycles. The van der Waals surface area contributed by atoms with E-state index in [2.05, 4.69) is 39.0 Å². The summed E-state index contributed by atoms with van der Waals surface area (Å²) in [5, 5.41) is 0.660. The fourth-order valence-electron chi connectivity index (χ4n) is 4.14. The SMILES string of the molecule is Cc1cccc(C(C)(C)CC(=O)Cn2cc(-c3ccc(Cl)cc3)n(CC3CC3)c2=O)c1. The molecule has 4 rings (SSSR count). The predicted octanol–water partition coefficient (Wildman–Crippen LogP) is 5.63. The lowest BCUT2D eigenvalue weighted by Crippen LogP contribution is -2.30. The van der Waals surface area contributed by atoms with E-state index in [1.54, 1.807) is 4.57 Å². The van der Waals surface area contributed by atoms with Crippen molar-refractivity contribution in [3.63, 3.8) is 0 Å². The number of hydrogen-bond donors (Lipinski definition) is 0. The lowest BCUT2D eigenvalue weighted by Gasteiger charge is -2.25. The zero-order valence-electron chi connectivity index (χ0n) is 18.4. The molecule has 0 aliphatic heterocycles. The molecule has 0 unspecified atom stereocenters. The van der Waals surface area contributed by atoms with E-state index in [0.717, 1.165) is 29.7 Å². The van der Waals surface area contributed by atoms with Crippen molar-refractivity contribution in [1.29, 1.82) is 0 Å². The summed E-state index contributed by atoms with van der Waals surface area (Å²) in [6.07, 6.45) is 4.51. The predicted molar refractivity (Wildman–Crippen MR) is 126 cm³/mol. The highest BCUT2D eigenvalue weighted by Gasteiger charge is 2.27. The number of aromatic nitrogens is 2. The van der Waals surface area contributed by atoms with Crippen molar-refractivity contribution in [3.05, 3.63) is 81.4 Å². The average molecular weight is 437 g/mol. The van der Waals surface area contributed by atoms with Crippen LogP contribution in [-0.4, -0.2) is 14.9 Å². The third kappa shape index (κ3) is 5.01. The molecule has 1 aliphatic rings. The normalized spacial score (nSPS) is 14.1. The van der Waals surface area contributed by atoms with Crippen molar-refractivity contribution >= 4 is 17.4 Å². The van der Waals surface area contributed by atoms with Crippen LogP contribution in [0, 0.1) is 12.8 Å². The summed E-state index contributed by atoms with van der Waals surface area (Å²) in [5.41, 5.74) is 3.70. The second kappa shape index (κ2) is 8.51. The van der Waals surface area contributed by atoms with Crippen LogP contribution in [0.4, 0.5) is 0 Å². The van der Waals surface area contributed by atoms with Crippen LogP contribution in [0.25, 0.3) is 11.3 Å². The van der Waals surface area contributed by atoms with Crippen molar-refractivity contribution < 1.29 is 4.79 Å². The summed E-state index contributed by atoms with van der Waals surface area (Å²) in [5.74, 6) is 0.607. The van der Waals surface area contributed by atoms with Gasteiger partial charge in [0.2, 0.25) is 0 Å². The second-order valence-electron chi connectivity index (χ2n) is 9.45. The van der Waals surface area contributed by atoms with Gasteiger partial charge in [0.25, 0.3) is 0 Å². The molecule has 0 radical (unpaired) electrons. The molecule has 1 saturated carbocycles. The average Bonchev–Trinajstić information content (AvgIpc) is 3.48. The summed E-state index contributed by atoms with van der Waals surface area (Å²) in [7, 11) is 0. The van der Waals surface area contributed by atoms with E-state index in [0.29, 0.717) is 23.9 Å². The van der Waals surface area contributed by atoms with Crippen molar-refractivity contribution in [1.82, 2.24) is 9.13 Å². The molecule has 0 atom stereocenters. The van der Waals surface area contributed by atoms with Gasteiger partial charge in [-0.15, -0.1) is 0 Å². The van der Waals surface area contributed by atoms with Gasteiger partial charge in [-0.05, 0) is 54.4 Å². The topological polar surface area (TPSA) is 44.0 Å². The van der Waals surface area contributed by atoms with Gasteiger partial charge < -0.3 is 0 Å². The van der Waals surface area contributed by atoms with Gasteiger partial charge in [-0.25, -0.2) is 4.79 Å². The van der Waals surface area contributed by atoms with Crippen LogP contribution in [0.1, 0.15) is 44.2 Å². The summed E-state index contributed by atoms with van der Waals surface area (Å²) in [4.78, 5) is 26.1. The van der Waals surface area contributed by atoms with Gasteiger partial charge >= 0.3 is 5.69 Å². The third-order valence-corrected chi connectivity index (χ3v) is 6.36. The number of rotatable bonds is 8. The van der Waals surface area contributed by atoms with Gasteiger partial charge in [-0.1, -0.05) is 67.4 Å². The molecular formula is C26H29ClN2O2. The Kier molecular flexibility index (Phi) is 5.94. The molecule has 1 aliphatic carbocycles. The zero-order valence-corrected chi connectivity index (χ0v) is 19.2. The van der Waals surface area contributed by atoms with Crippen LogP contribution >= 0.6 is 11.6 Å². The van der Waals surface area contributed by atoms with Gasteiger partial charge in [0.1, 0.15) is 0 Å². The number of carbonyl (C=O) groups excluding carboxylic acids is 1. The Hall–Kier alpha value is -2.59. The fraction of sp³-hybridized carbons (Fsp3) is 0.385. The van der Waals surface area contributed by atoms with E-state index < -0.39 is 0 Å². The minimum Gasteiger partial charge on any atom is -0.298 e. The number of Topliss-reactive ketones (excluding diaryl/α,β-unsaturated/α-hetero) is 1. The second-order valence-corrected chi connectivity index (χ2v) is 9.89. The number of hydrogen-bond acceptors (Lipinski definition) is 2. The zero-order chi connectivity index (χ0) is 22.2. The molecule has 1 fully saturated rings. The van der Waals surface area contributed by atoms with Gasteiger partial charge in [-0.3, -0.25) is 13.9 Å². The van der Waals surface area contributed by atoms with Crippen LogP contribution < -0.4 is 5.69 Å². The van der Waals surface area contributed by atoms with Crippen molar-refractivity contribution in [2.45, 2.75) is 58.5 Å². The molecule has 3 aromatic rings. The summed E-state index contributed by atoms with van der Waals surface area (Å²) in [6, 6.07) is 15.8. The lowest BCUT2D eigenvalue weighted by atomic mass is 9.79. The van der Waals surface area contributed by atoms with Gasteiger partial charge in [0.05, 0.1) is 12.2 Å². The van der Waals surface area contributed by atoms with E-state index in [1.807, 2.05) is 41.1 Å². The first-order valence-electron chi connectivity index (χ1n) is 10.9. The molecule has 2 aromatic carbocycles. The Morgan fingerprint density at radius 3 is 2.48 bits per heavy atom. The maximum atomic E-state index is 13.2. The molecular weight excluding hydrogens is 408 g/mol. The highest BCUT2D eigenvalue weighted by molar-refractivity contribution is 6.30. The highest BCUT2D eigenvalue weighted by Crippen LogP contribution is 2.32. The first-order chi connectivity index (χ1) is 14.7. The van der Waals surface area contributed by atoms with Crippen LogP contribution in [0.15, 0.2) is 59.5 Å². The molecule has 0 bridgehead atoms. The molecule has 1 heterocycles. The first kappa shape index (κ1) is 21.6. The minimum absolute atomic E-state index is 0.0554. The van der Waals surface area contributed by atoms with E-state index >= 15 is 0 Å². The fourth-order valence-corrected chi connectivity index (χ4v) is 4.26. The molecule has 5 heteroatoms. The smallest absolute Gasteiger partial charge is 0.298 e. The summed E-state index contributed by atoms with van der Waals surface area (Å²) < 4.78 is 3.39. The van der Waals surface area contributed by atoms with Gasteiger partial charge in [0, 0.05) is 24.2 Å². The summed E-state index contributed by atoms with van der Waals surface area (Å²) in [6.45, 7) is 7.01. The van der Waals surface area contributed by atoms with E-state index in [1.165, 1.54) is 5.56 Å². The number of carbonyl (C=O) groups is 1. The molecule has 0 amide bonds. The quantitative estimate of drug-likeness (QED) is 0.459. The van der Waals surface area contributed by atoms with Crippen LogP contribution in [0.5, 0.6) is 0 Å². The van der Waals surface area contributed by atoms with Gasteiger partial charge in [0.15, 0.2) is 5.78 Å². The van der Waals surface area contributed by atoms with E-state index in [4.69, 9.17) is 11.6 Å². The largest absolute Gasteiger partial charge is 0.329 e. The number of imidazole rings is 1. The first-order valence-corrected chi connectivity index (χ1v) is 11.3. The highest BCUT2D eigenvalue weighted by atomic mass is 35.5. The van der Waals surface area contributed by atoms with Crippen LogP contribution in [0.3, 0.4) is 0 Å². The lowest BCUT2D eigenvalue weighted by molar-refractivity contribution is -0.120. The number of ketones is 1. The van der Waals surface area contributed by atoms with Crippen LogP contribution in [0.2, 0.25) is 5.02 Å². The molecule has 0 saturated heterocycles. The molecule has 31 heavy (non-hydrogen) atoms. The maximum absolute atomic E-state index is 13.2. The number of aryl methyl sites for hydroxylation is 1. The standard InChI is InChI=1S/C26H29ClN2O2/c1-18-5-4-6-21(13-18)26(2,3)14-23(30)16-28-17-24(20-9-11-22(27)12-10-20)29(25(28)31)15-19-7-8-19/h4-6,9-13,17,19H,7-8,14-16H2,1-3H3. The van der Waals surface area contributed by atoms with E-state index in [-0.39, 0.29) is 23.4 Å². The van der Waals surface area contributed by atoms with Crippen molar-refractivity contribution in [3.8, 4) is 11.3 Å². The Balaban J connectivity index is 1.58. The van der Waals surface area contributed by atoms with Crippen molar-refractivity contribution in [2.75, 3.05) is 0 Å². The molecule has 162 valence electrons. The number of halogens is 1. The maximum Gasteiger partial charge on any atom is 0.329 e. The Labute approximate surface area is 188 Å². The van der Waals surface area contributed by atoms with E-state index in [9.17, 15) is 9.59 Å².